The highest BCUT2D eigenvalue weighted by molar-refractivity contribution is 6.34. The fourth-order valence-corrected chi connectivity index (χ4v) is 1.41. The normalized spacial score (nSPS) is 14.1. The first kappa shape index (κ1) is 13.8. The number of amides is 1. The number of nitrogens with two attached hydrogens (primary N) is 1. The summed E-state index contributed by atoms with van der Waals surface area (Å²) in [5, 5.41) is 12.7. The molecule has 1 amide bonds. The molecule has 0 aliphatic heterocycles. The van der Waals surface area contributed by atoms with Crippen molar-refractivity contribution < 1.29 is 9.90 Å². The third-order valence-corrected chi connectivity index (χ3v) is 2.96. The van der Waals surface area contributed by atoms with Crippen molar-refractivity contribution in [1.82, 2.24) is 5.32 Å². The Morgan fingerprint density at radius 2 is 2.24 bits per heavy atom. The van der Waals surface area contributed by atoms with Crippen molar-refractivity contribution >= 4 is 23.2 Å². The third-order valence-electron chi connectivity index (χ3n) is 2.63. The molecule has 0 saturated heterocycles. The van der Waals surface area contributed by atoms with Crippen LogP contribution in [0.4, 0.5) is 5.69 Å². The van der Waals surface area contributed by atoms with Gasteiger partial charge in [-0.05, 0) is 31.5 Å². The van der Waals surface area contributed by atoms with Gasteiger partial charge in [-0.2, -0.15) is 0 Å². The van der Waals surface area contributed by atoms with Gasteiger partial charge in [0.1, 0.15) is 0 Å². The average molecular weight is 257 g/mol. The van der Waals surface area contributed by atoms with Gasteiger partial charge in [-0.25, -0.2) is 0 Å². The van der Waals surface area contributed by atoms with Crippen molar-refractivity contribution in [3.8, 4) is 0 Å². The number of anilines is 1. The molecule has 0 bridgehead atoms. The molecular formula is C12H17ClN2O2. The minimum atomic E-state index is -0.914. The number of hydrogen-bond donors (Lipinski definition) is 3. The van der Waals surface area contributed by atoms with Crippen molar-refractivity contribution in [2.24, 2.45) is 0 Å². The second kappa shape index (κ2) is 5.38. The maximum atomic E-state index is 11.8. The summed E-state index contributed by atoms with van der Waals surface area (Å²) in [4.78, 5) is 11.8. The molecule has 0 radical (unpaired) electrons. The van der Waals surface area contributed by atoms with E-state index in [1.54, 1.807) is 19.1 Å². The van der Waals surface area contributed by atoms with Crippen molar-refractivity contribution in [2.75, 3.05) is 12.3 Å². The smallest absolute Gasteiger partial charge is 0.252 e. The third kappa shape index (κ3) is 3.91. The molecule has 0 aliphatic rings. The highest BCUT2D eigenvalue weighted by Crippen LogP contribution is 2.19. The molecule has 1 atom stereocenters. The van der Waals surface area contributed by atoms with Gasteiger partial charge in [-0.1, -0.05) is 18.5 Å². The molecule has 17 heavy (non-hydrogen) atoms. The Hall–Kier alpha value is -1.26. The molecule has 4 N–H and O–H groups in total. The first-order valence-corrected chi connectivity index (χ1v) is 5.79. The van der Waals surface area contributed by atoms with Gasteiger partial charge in [0, 0.05) is 12.2 Å². The van der Waals surface area contributed by atoms with E-state index in [4.69, 9.17) is 17.3 Å². The molecular weight excluding hydrogens is 240 g/mol. The van der Waals surface area contributed by atoms with Crippen LogP contribution in [0, 0.1) is 0 Å². The highest BCUT2D eigenvalue weighted by Gasteiger charge is 2.19. The number of aliphatic hydroxyl groups is 1. The predicted molar refractivity (Wildman–Crippen MR) is 69.1 cm³/mol. The number of benzene rings is 1. The number of nitrogens with one attached hydrogen (secondary N) is 1. The number of nitrogen functional groups attached to an aromatic ring is 1. The first-order chi connectivity index (χ1) is 7.85. The van der Waals surface area contributed by atoms with Crippen LogP contribution < -0.4 is 11.1 Å². The quantitative estimate of drug-likeness (QED) is 0.720. The van der Waals surface area contributed by atoms with Gasteiger partial charge < -0.3 is 16.2 Å². The topological polar surface area (TPSA) is 75.3 Å². The molecule has 0 spiro atoms. The maximum Gasteiger partial charge on any atom is 0.252 e. The van der Waals surface area contributed by atoms with Gasteiger partial charge in [-0.3, -0.25) is 4.79 Å². The van der Waals surface area contributed by atoms with Crippen molar-refractivity contribution in [3.63, 3.8) is 0 Å². The standard InChI is InChI=1S/C12H17ClN2O2/c1-3-12(2,17)7-15-11(16)9-6-8(14)4-5-10(9)13/h4-6,17H,3,7,14H2,1-2H3,(H,15,16). The maximum absolute atomic E-state index is 11.8. The Morgan fingerprint density at radius 1 is 1.59 bits per heavy atom. The highest BCUT2D eigenvalue weighted by atomic mass is 35.5. The Balaban J connectivity index is 2.74. The van der Waals surface area contributed by atoms with Crippen LogP contribution in [0.1, 0.15) is 30.6 Å². The minimum absolute atomic E-state index is 0.174. The lowest BCUT2D eigenvalue weighted by atomic mass is 10.0. The van der Waals surface area contributed by atoms with E-state index in [9.17, 15) is 9.90 Å². The molecule has 0 aromatic heterocycles. The Bertz CT molecular complexity index is 419. The van der Waals surface area contributed by atoms with E-state index in [-0.39, 0.29) is 12.5 Å². The zero-order valence-electron chi connectivity index (χ0n) is 9.96. The van der Waals surface area contributed by atoms with Crippen LogP contribution in [-0.4, -0.2) is 23.2 Å². The van der Waals surface area contributed by atoms with Gasteiger partial charge in [0.15, 0.2) is 0 Å². The average Bonchev–Trinajstić information content (AvgIpc) is 2.29. The van der Waals surface area contributed by atoms with Crippen molar-refractivity contribution in [3.05, 3.63) is 28.8 Å². The van der Waals surface area contributed by atoms with E-state index in [1.165, 1.54) is 6.07 Å². The summed E-state index contributed by atoms with van der Waals surface area (Å²) in [6.07, 6.45) is 0.554. The second-order valence-electron chi connectivity index (χ2n) is 4.27. The molecule has 1 rings (SSSR count). The molecule has 1 aromatic rings. The lowest BCUT2D eigenvalue weighted by Crippen LogP contribution is -2.40. The fraction of sp³-hybridized carbons (Fsp3) is 0.417. The zero-order chi connectivity index (χ0) is 13.1. The zero-order valence-corrected chi connectivity index (χ0v) is 10.7. The molecule has 1 unspecified atom stereocenters. The summed E-state index contributed by atoms with van der Waals surface area (Å²) in [6.45, 7) is 3.68. The Kier molecular flexibility index (Phi) is 4.37. The molecule has 0 fully saturated rings. The van der Waals surface area contributed by atoms with Crippen LogP contribution in [-0.2, 0) is 0 Å². The van der Waals surface area contributed by atoms with E-state index in [1.807, 2.05) is 6.92 Å². The van der Waals surface area contributed by atoms with Gasteiger partial charge in [0.05, 0.1) is 16.2 Å². The van der Waals surface area contributed by atoms with Crippen molar-refractivity contribution in [1.29, 1.82) is 0 Å². The van der Waals surface area contributed by atoms with Crippen LogP contribution in [0.3, 0.4) is 0 Å². The van der Waals surface area contributed by atoms with E-state index in [0.717, 1.165) is 0 Å². The number of rotatable bonds is 4. The van der Waals surface area contributed by atoms with E-state index in [2.05, 4.69) is 5.32 Å². The summed E-state index contributed by atoms with van der Waals surface area (Å²) in [5.74, 6) is -0.337. The fourth-order valence-electron chi connectivity index (χ4n) is 1.21. The molecule has 4 nitrogen and oxygen atoms in total. The number of hydrogen-bond acceptors (Lipinski definition) is 3. The summed E-state index contributed by atoms with van der Waals surface area (Å²) in [5.41, 5.74) is 5.46. The van der Waals surface area contributed by atoms with Crippen LogP contribution in [0.5, 0.6) is 0 Å². The summed E-state index contributed by atoms with van der Waals surface area (Å²) < 4.78 is 0. The minimum Gasteiger partial charge on any atom is -0.399 e. The molecule has 0 aliphatic carbocycles. The predicted octanol–water partition coefficient (Wildman–Crippen LogP) is 1.81. The van der Waals surface area contributed by atoms with Gasteiger partial charge in [-0.15, -0.1) is 0 Å². The SMILES string of the molecule is CCC(C)(O)CNC(=O)c1cc(N)ccc1Cl. The monoisotopic (exact) mass is 256 g/mol. The Morgan fingerprint density at radius 3 is 2.82 bits per heavy atom. The van der Waals surface area contributed by atoms with Crippen LogP contribution in [0.15, 0.2) is 18.2 Å². The van der Waals surface area contributed by atoms with E-state index < -0.39 is 5.60 Å². The van der Waals surface area contributed by atoms with Crippen LogP contribution >= 0.6 is 11.6 Å². The molecule has 0 heterocycles. The van der Waals surface area contributed by atoms with E-state index >= 15 is 0 Å². The summed E-state index contributed by atoms with van der Waals surface area (Å²) in [6, 6.07) is 4.71. The first-order valence-electron chi connectivity index (χ1n) is 5.41. The Labute approximate surface area is 106 Å². The second-order valence-corrected chi connectivity index (χ2v) is 4.68. The van der Waals surface area contributed by atoms with Gasteiger partial charge in [0.2, 0.25) is 0 Å². The summed E-state index contributed by atoms with van der Waals surface area (Å²) in [7, 11) is 0. The molecule has 5 heteroatoms. The molecule has 94 valence electrons. The van der Waals surface area contributed by atoms with Gasteiger partial charge in [0.25, 0.3) is 5.91 Å². The van der Waals surface area contributed by atoms with Crippen LogP contribution in [0.25, 0.3) is 0 Å². The number of carbonyl (C=O) groups excluding carboxylic acids is 1. The van der Waals surface area contributed by atoms with Crippen LogP contribution in [0.2, 0.25) is 5.02 Å². The van der Waals surface area contributed by atoms with Crippen molar-refractivity contribution in [2.45, 2.75) is 25.9 Å². The number of halogens is 1. The molecule has 0 saturated carbocycles. The lowest BCUT2D eigenvalue weighted by molar-refractivity contribution is 0.0518. The number of carbonyl (C=O) groups is 1. The van der Waals surface area contributed by atoms with E-state index in [0.29, 0.717) is 22.7 Å². The van der Waals surface area contributed by atoms with Gasteiger partial charge >= 0.3 is 0 Å². The molecule has 1 aromatic carbocycles. The summed E-state index contributed by atoms with van der Waals surface area (Å²) >= 11 is 5.90. The largest absolute Gasteiger partial charge is 0.399 e. The lowest BCUT2D eigenvalue weighted by Gasteiger charge is -2.21.